The van der Waals surface area contributed by atoms with Gasteiger partial charge >= 0.3 is 0 Å². The normalized spacial score (nSPS) is 14.1. The van der Waals surface area contributed by atoms with E-state index in [1.165, 1.54) is 18.2 Å². The summed E-state index contributed by atoms with van der Waals surface area (Å²) in [5.41, 5.74) is 5.54. The van der Waals surface area contributed by atoms with Crippen LogP contribution in [0.5, 0.6) is 0 Å². The van der Waals surface area contributed by atoms with E-state index in [4.69, 9.17) is 5.73 Å². The average molecular weight is 291 g/mol. The number of nitrogens with zero attached hydrogens (tertiary/aromatic N) is 1. The molecule has 0 fully saturated rings. The van der Waals surface area contributed by atoms with Gasteiger partial charge < -0.3 is 11.1 Å². The summed E-state index contributed by atoms with van der Waals surface area (Å²) in [4.78, 5) is 22.4. The molecule has 0 aliphatic heterocycles. The van der Waals surface area contributed by atoms with Gasteiger partial charge in [0.1, 0.15) is 0 Å². The van der Waals surface area contributed by atoms with Gasteiger partial charge in [-0.25, -0.2) is 0 Å². The van der Waals surface area contributed by atoms with E-state index in [1.54, 1.807) is 18.2 Å². The molecular formula is C15H21N3O3. The quantitative estimate of drug-likeness (QED) is 0.476. The molecule has 1 atom stereocenters. The van der Waals surface area contributed by atoms with Crippen molar-refractivity contribution in [3.8, 4) is 0 Å². The van der Waals surface area contributed by atoms with Gasteiger partial charge in [0.15, 0.2) is 0 Å². The van der Waals surface area contributed by atoms with Crippen LogP contribution in [0.2, 0.25) is 0 Å². The summed E-state index contributed by atoms with van der Waals surface area (Å²) in [6.07, 6.45) is 2.73. The second kappa shape index (κ2) is 6.99. The van der Waals surface area contributed by atoms with Crippen LogP contribution in [-0.2, 0) is 4.79 Å². The first-order chi connectivity index (χ1) is 9.80. The van der Waals surface area contributed by atoms with Crippen LogP contribution in [0, 0.1) is 16.0 Å². The van der Waals surface area contributed by atoms with E-state index < -0.39 is 10.5 Å². The Hall–Kier alpha value is -2.21. The first-order valence-corrected chi connectivity index (χ1v) is 6.74. The molecule has 0 saturated heterocycles. The largest absolute Gasteiger partial charge is 0.346 e. The molecule has 0 radical (unpaired) electrons. The number of hydrogen-bond donors (Lipinski definition) is 2. The second-order valence-electron chi connectivity index (χ2n) is 5.41. The summed E-state index contributed by atoms with van der Waals surface area (Å²) >= 11 is 0. The zero-order chi connectivity index (χ0) is 16.0. The number of nitro benzene ring substituents is 1. The van der Waals surface area contributed by atoms with E-state index in [-0.39, 0.29) is 17.5 Å². The molecule has 114 valence electrons. The van der Waals surface area contributed by atoms with Gasteiger partial charge in [-0.15, -0.1) is 0 Å². The summed E-state index contributed by atoms with van der Waals surface area (Å²) in [6.45, 7) is 6.13. The van der Waals surface area contributed by atoms with Crippen molar-refractivity contribution in [2.24, 2.45) is 11.7 Å². The number of rotatable bonds is 6. The highest BCUT2D eigenvalue weighted by Crippen LogP contribution is 2.19. The van der Waals surface area contributed by atoms with Gasteiger partial charge in [-0.1, -0.05) is 26.0 Å². The third kappa shape index (κ3) is 4.39. The Morgan fingerprint density at radius 1 is 1.48 bits per heavy atom. The fraction of sp³-hybridized carbons (Fsp3) is 0.400. The summed E-state index contributed by atoms with van der Waals surface area (Å²) in [6, 6.07) is 6.25. The first-order valence-electron chi connectivity index (χ1n) is 6.74. The van der Waals surface area contributed by atoms with Crippen LogP contribution in [0.15, 0.2) is 30.3 Å². The zero-order valence-electron chi connectivity index (χ0n) is 12.5. The molecule has 0 aliphatic carbocycles. The number of nitro groups is 1. The Kier molecular flexibility index (Phi) is 5.60. The Morgan fingerprint density at radius 3 is 2.62 bits per heavy atom. The standard InChI is InChI=1S/C15H21N3O3/c1-11(2)15(3,10-16)17-14(19)9-8-12-6-4-5-7-13(12)18(20)21/h4-9,11H,10,16H2,1-3H3,(H,17,19)/b9-8+. The molecule has 1 unspecified atom stereocenters. The number of benzene rings is 1. The van der Waals surface area contributed by atoms with Crippen molar-refractivity contribution in [2.45, 2.75) is 26.3 Å². The molecule has 0 bridgehead atoms. The van der Waals surface area contributed by atoms with Gasteiger partial charge in [-0.3, -0.25) is 14.9 Å². The summed E-state index contributed by atoms with van der Waals surface area (Å²) in [5, 5.41) is 13.7. The SMILES string of the molecule is CC(C)C(C)(CN)NC(=O)/C=C/c1ccccc1[N+](=O)[O-]. The van der Waals surface area contributed by atoms with E-state index in [9.17, 15) is 14.9 Å². The molecule has 0 heterocycles. The first kappa shape index (κ1) is 16.8. The minimum Gasteiger partial charge on any atom is -0.346 e. The van der Waals surface area contributed by atoms with Gasteiger partial charge in [0.25, 0.3) is 5.69 Å². The van der Waals surface area contributed by atoms with E-state index >= 15 is 0 Å². The van der Waals surface area contributed by atoms with Gasteiger partial charge in [0.05, 0.1) is 16.0 Å². The van der Waals surface area contributed by atoms with E-state index in [0.717, 1.165) is 0 Å². The highest BCUT2D eigenvalue weighted by molar-refractivity contribution is 5.92. The molecule has 1 aromatic rings. The van der Waals surface area contributed by atoms with Gasteiger partial charge in [-0.05, 0) is 25.0 Å². The molecule has 3 N–H and O–H groups in total. The van der Waals surface area contributed by atoms with Crippen molar-refractivity contribution in [2.75, 3.05) is 6.54 Å². The van der Waals surface area contributed by atoms with Crippen molar-refractivity contribution in [3.63, 3.8) is 0 Å². The van der Waals surface area contributed by atoms with Crippen molar-refractivity contribution in [3.05, 3.63) is 46.0 Å². The third-order valence-electron chi connectivity index (χ3n) is 3.65. The van der Waals surface area contributed by atoms with Crippen LogP contribution in [0.25, 0.3) is 6.08 Å². The molecule has 0 saturated carbocycles. The monoisotopic (exact) mass is 291 g/mol. The summed E-state index contributed by atoms with van der Waals surface area (Å²) in [5.74, 6) is -0.152. The lowest BCUT2D eigenvalue weighted by atomic mass is 9.88. The molecule has 0 aliphatic rings. The molecule has 6 nitrogen and oxygen atoms in total. The Balaban J connectivity index is 2.87. The fourth-order valence-corrected chi connectivity index (χ4v) is 1.71. The second-order valence-corrected chi connectivity index (χ2v) is 5.41. The molecule has 6 heteroatoms. The van der Waals surface area contributed by atoms with Crippen LogP contribution in [0.3, 0.4) is 0 Å². The van der Waals surface area contributed by atoms with Crippen molar-refractivity contribution < 1.29 is 9.72 Å². The van der Waals surface area contributed by atoms with Gasteiger partial charge in [-0.2, -0.15) is 0 Å². The van der Waals surface area contributed by atoms with Crippen molar-refractivity contribution >= 4 is 17.7 Å². The maximum Gasteiger partial charge on any atom is 0.276 e. The summed E-state index contributed by atoms with van der Waals surface area (Å²) in [7, 11) is 0. The Labute approximate surface area is 124 Å². The molecule has 1 amide bonds. The number of amides is 1. The third-order valence-corrected chi connectivity index (χ3v) is 3.65. The van der Waals surface area contributed by atoms with Crippen LogP contribution in [0.4, 0.5) is 5.69 Å². The predicted octanol–water partition coefficient (Wildman–Crippen LogP) is 2.10. The van der Waals surface area contributed by atoms with Crippen LogP contribution >= 0.6 is 0 Å². The Bertz CT molecular complexity index is 555. The minimum absolute atomic E-state index is 0.0352. The number of hydrogen-bond acceptors (Lipinski definition) is 4. The molecule has 1 aromatic carbocycles. The van der Waals surface area contributed by atoms with Gasteiger partial charge in [0, 0.05) is 18.7 Å². The lowest BCUT2D eigenvalue weighted by molar-refractivity contribution is -0.385. The summed E-state index contributed by atoms with van der Waals surface area (Å²) < 4.78 is 0. The number of carbonyl (C=O) groups excluding carboxylic acids is 1. The number of nitrogens with two attached hydrogens (primary N) is 1. The topological polar surface area (TPSA) is 98.3 Å². The maximum atomic E-state index is 12.0. The zero-order valence-corrected chi connectivity index (χ0v) is 12.5. The minimum atomic E-state index is -0.510. The molecule has 1 rings (SSSR count). The highest BCUT2D eigenvalue weighted by Gasteiger charge is 2.27. The number of carbonyl (C=O) groups is 1. The smallest absolute Gasteiger partial charge is 0.276 e. The predicted molar refractivity (Wildman–Crippen MR) is 82.6 cm³/mol. The van der Waals surface area contributed by atoms with Gasteiger partial charge in [0.2, 0.25) is 5.91 Å². The Morgan fingerprint density at radius 2 is 2.10 bits per heavy atom. The lowest BCUT2D eigenvalue weighted by Gasteiger charge is -2.33. The highest BCUT2D eigenvalue weighted by atomic mass is 16.6. The van der Waals surface area contributed by atoms with Crippen molar-refractivity contribution in [1.29, 1.82) is 0 Å². The lowest BCUT2D eigenvalue weighted by Crippen LogP contribution is -2.54. The molecule has 0 spiro atoms. The molecular weight excluding hydrogens is 270 g/mol. The van der Waals surface area contributed by atoms with Crippen LogP contribution < -0.4 is 11.1 Å². The van der Waals surface area contributed by atoms with E-state index in [1.807, 2.05) is 20.8 Å². The number of nitrogens with one attached hydrogen (secondary N) is 1. The van der Waals surface area contributed by atoms with Crippen molar-refractivity contribution in [1.82, 2.24) is 5.32 Å². The molecule has 21 heavy (non-hydrogen) atoms. The average Bonchev–Trinajstić information content (AvgIpc) is 2.44. The molecule has 0 aromatic heterocycles. The number of para-hydroxylation sites is 1. The van der Waals surface area contributed by atoms with Crippen LogP contribution in [0.1, 0.15) is 26.3 Å². The maximum absolute atomic E-state index is 12.0. The fourth-order valence-electron chi connectivity index (χ4n) is 1.71. The van der Waals surface area contributed by atoms with E-state index in [2.05, 4.69) is 5.32 Å². The van der Waals surface area contributed by atoms with Crippen LogP contribution in [-0.4, -0.2) is 22.9 Å². The van der Waals surface area contributed by atoms with E-state index in [0.29, 0.717) is 12.1 Å².